The maximum absolute atomic E-state index is 5.91. The average molecular weight is 288 g/mol. The number of nitrogens with zero attached hydrogens (tertiary/aromatic N) is 1. The molecule has 3 nitrogen and oxygen atoms in total. The molecule has 1 aromatic rings. The minimum absolute atomic E-state index is 0.733. The SMILES string of the molecule is CCOc1cc(CNC2CC2)ccc1N1CCC(C)CC1. The van der Waals surface area contributed by atoms with Crippen molar-refractivity contribution >= 4 is 5.69 Å². The fourth-order valence-electron chi connectivity index (χ4n) is 3.00. The maximum atomic E-state index is 5.91. The van der Waals surface area contributed by atoms with Crippen molar-refractivity contribution in [2.75, 3.05) is 24.6 Å². The van der Waals surface area contributed by atoms with E-state index < -0.39 is 0 Å². The van der Waals surface area contributed by atoms with Crippen molar-refractivity contribution < 1.29 is 4.74 Å². The van der Waals surface area contributed by atoms with Crippen LogP contribution in [0.1, 0.15) is 45.1 Å². The molecule has 2 aliphatic rings. The topological polar surface area (TPSA) is 24.5 Å². The van der Waals surface area contributed by atoms with Gasteiger partial charge in [-0.05, 0) is 56.2 Å². The van der Waals surface area contributed by atoms with Gasteiger partial charge in [0.25, 0.3) is 0 Å². The monoisotopic (exact) mass is 288 g/mol. The highest BCUT2D eigenvalue weighted by atomic mass is 16.5. The van der Waals surface area contributed by atoms with E-state index in [2.05, 4.69) is 42.3 Å². The molecular weight excluding hydrogens is 260 g/mol. The lowest BCUT2D eigenvalue weighted by Gasteiger charge is -2.33. The van der Waals surface area contributed by atoms with E-state index >= 15 is 0 Å². The van der Waals surface area contributed by atoms with Gasteiger partial charge >= 0.3 is 0 Å². The minimum Gasteiger partial charge on any atom is -0.492 e. The van der Waals surface area contributed by atoms with Gasteiger partial charge in [0.05, 0.1) is 12.3 Å². The standard InChI is InChI=1S/C18H28N2O/c1-3-21-18-12-15(13-19-16-5-6-16)4-7-17(18)20-10-8-14(2)9-11-20/h4,7,12,14,16,19H,3,5-6,8-11,13H2,1-2H3. The Morgan fingerprint density at radius 1 is 1.19 bits per heavy atom. The Hall–Kier alpha value is -1.22. The Labute approximate surface area is 128 Å². The molecule has 1 aliphatic heterocycles. The number of rotatable bonds is 6. The first-order valence-electron chi connectivity index (χ1n) is 8.50. The summed E-state index contributed by atoms with van der Waals surface area (Å²) in [5.74, 6) is 1.92. The zero-order chi connectivity index (χ0) is 14.7. The van der Waals surface area contributed by atoms with Crippen LogP contribution in [0.3, 0.4) is 0 Å². The van der Waals surface area contributed by atoms with Crippen molar-refractivity contribution in [1.82, 2.24) is 5.32 Å². The molecule has 116 valence electrons. The fourth-order valence-corrected chi connectivity index (χ4v) is 3.00. The van der Waals surface area contributed by atoms with E-state index in [0.29, 0.717) is 0 Å². The Morgan fingerprint density at radius 3 is 2.62 bits per heavy atom. The average Bonchev–Trinajstić information content (AvgIpc) is 3.31. The Kier molecular flexibility index (Phi) is 4.69. The molecule has 0 radical (unpaired) electrons. The molecule has 1 saturated heterocycles. The van der Waals surface area contributed by atoms with E-state index in [1.165, 1.54) is 36.9 Å². The van der Waals surface area contributed by atoms with Gasteiger partial charge in [0, 0.05) is 25.7 Å². The number of nitrogens with one attached hydrogen (secondary N) is 1. The van der Waals surface area contributed by atoms with Crippen molar-refractivity contribution in [3.8, 4) is 5.75 Å². The summed E-state index contributed by atoms with van der Waals surface area (Å²) in [5.41, 5.74) is 2.61. The van der Waals surface area contributed by atoms with Crippen molar-refractivity contribution in [2.45, 2.75) is 52.1 Å². The summed E-state index contributed by atoms with van der Waals surface area (Å²) in [6, 6.07) is 7.49. The molecular formula is C18H28N2O. The third-order valence-electron chi connectivity index (χ3n) is 4.62. The summed E-state index contributed by atoms with van der Waals surface area (Å²) in [6.45, 7) is 8.42. The molecule has 0 unspecified atom stereocenters. The highest BCUT2D eigenvalue weighted by Gasteiger charge is 2.21. The molecule has 2 fully saturated rings. The third kappa shape index (κ3) is 3.91. The van der Waals surface area contributed by atoms with Gasteiger partial charge < -0.3 is 15.0 Å². The van der Waals surface area contributed by atoms with Gasteiger partial charge in [-0.15, -0.1) is 0 Å². The summed E-state index contributed by atoms with van der Waals surface area (Å²) in [7, 11) is 0. The zero-order valence-electron chi connectivity index (χ0n) is 13.4. The first-order valence-corrected chi connectivity index (χ1v) is 8.50. The van der Waals surface area contributed by atoms with Crippen molar-refractivity contribution in [1.29, 1.82) is 0 Å². The lowest BCUT2D eigenvalue weighted by molar-refractivity contribution is 0.337. The molecule has 1 heterocycles. The van der Waals surface area contributed by atoms with Crippen LogP contribution in [-0.4, -0.2) is 25.7 Å². The molecule has 1 aliphatic carbocycles. The number of benzene rings is 1. The summed E-state index contributed by atoms with van der Waals surface area (Å²) >= 11 is 0. The molecule has 3 heteroatoms. The summed E-state index contributed by atoms with van der Waals surface area (Å²) in [5, 5.41) is 3.58. The summed E-state index contributed by atoms with van der Waals surface area (Å²) in [6.07, 6.45) is 5.25. The van der Waals surface area contributed by atoms with Crippen LogP contribution < -0.4 is 15.0 Å². The number of ether oxygens (including phenoxy) is 1. The van der Waals surface area contributed by atoms with Crippen LogP contribution in [0.5, 0.6) is 5.75 Å². The normalized spacial score (nSPS) is 19.8. The van der Waals surface area contributed by atoms with E-state index in [-0.39, 0.29) is 0 Å². The lowest BCUT2D eigenvalue weighted by atomic mass is 9.98. The van der Waals surface area contributed by atoms with Crippen LogP contribution in [0.4, 0.5) is 5.69 Å². The number of anilines is 1. The van der Waals surface area contributed by atoms with E-state index in [1.54, 1.807) is 0 Å². The zero-order valence-corrected chi connectivity index (χ0v) is 13.4. The highest BCUT2D eigenvalue weighted by Crippen LogP contribution is 2.33. The predicted octanol–water partition coefficient (Wildman–Crippen LogP) is 3.57. The molecule has 1 saturated carbocycles. The van der Waals surface area contributed by atoms with Crippen molar-refractivity contribution in [2.24, 2.45) is 5.92 Å². The second kappa shape index (κ2) is 6.69. The molecule has 0 bridgehead atoms. The fraction of sp³-hybridized carbons (Fsp3) is 0.667. The second-order valence-corrected chi connectivity index (χ2v) is 6.56. The first-order chi connectivity index (χ1) is 10.3. The predicted molar refractivity (Wildman–Crippen MR) is 88.1 cm³/mol. The van der Waals surface area contributed by atoms with E-state index in [9.17, 15) is 0 Å². The van der Waals surface area contributed by atoms with E-state index in [4.69, 9.17) is 4.74 Å². The summed E-state index contributed by atoms with van der Waals surface area (Å²) < 4.78 is 5.91. The molecule has 1 N–H and O–H groups in total. The number of hydrogen-bond acceptors (Lipinski definition) is 3. The van der Waals surface area contributed by atoms with Gasteiger partial charge in [0.1, 0.15) is 5.75 Å². The van der Waals surface area contributed by atoms with Crippen molar-refractivity contribution in [3.63, 3.8) is 0 Å². The van der Waals surface area contributed by atoms with Crippen LogP contribution in [0, 0.1) is 5.92 Å². The second-order valence-electron chi connectivity index (χ2n) is 6.56. The molecule has 3 rings (SSSR count). The quantitative estimate of drug-likeness (QED) is 0.866. The molecule has 0 amide bonds. The lowest BCUT2D eigenvalue weighted by Crippen LogP contribution is -2.33. The number of piperidine rings is 1. The Morgan fingerprint density at radius 2 is 1.95 bits per heavy atom. The summed E-state index contributed by atoms with van der Waals surface area (Å²) in [4.78, 5) is 2.49. The van der Waals surface area contributed by atoms with Gasteiger partial charge in [-0.3, -0.25) is 0 Å². The van der Waals surface area contributed by atoms with Gasteiger partial charge in [-0.25, -0.2) is 0 Å². The van der Waals surface area contributed by atoms with Crippen LogP contribution >= 0.6 is 0 Å². The molecule has 0 spiro atoms. The number of hydrogen-bond donors (Lipinski definition) is 1. The van der Waals surface area contributed by atoms with Crippen LogP contribution in [-0.2, 0) is 6.54 Å². The van der Waals surface area contributed by atoms with Gasteiger partial charge in [-0.2, -0.15) is 0 Å². The Balaban J connectivity index is 1.71. The van der Waals surface area contributed by atoms with Gasteiger partial charge in [0.15, 0.2) is 0 Å². The van der Waals surface area contributed by atoms with Crippen LogP contribution in [0.2, 0.25) is 0 Å². The smallest absolute Gasteiger partial charge is 0.142 e. The molecule has 21 heavy (non-hydrogen) atoms. The highest BCUT2D eigenvalue weighted by molar-refractivity contribution is 5.60. The molecule has 1 aromatic carbocycles. The Bertz CT molecular complexity index is 462. The molecule has 0 aromatic heterocycles. The molecule has 0 atom stereocenters. The minimum atomic E-state index is 0.733. The largest absolute Gasteiger partial charge is 0.492 e. The van der Waals surface area contributed by atoms with Gasteiger partial charge in [0.2, 0.25) is 0 Å². The maximum Gasteiger partial charge on any atom is 0.142 e. The third-order valence-corrected chi connectivity index (χ3v) is 4.62. The van der Waals surface area contributed by atoms with Crippen LogP contribution in [0.15, 0.2) is 18.2 Å². The van der Waals surface area contributed by atoms with E-state index in [0.717, 1.165) is 44.0 Å². The first kappa shape index (κ1) is 14.7. The van der Waals surface area contributed by atoms with Gasteiger partial charge in [-0.1, -0.05) is 13.0 Å². The van der Waals surface area contributed by atoms with Crippen molar-refractivity contribution in [3.05, 3.63) is 23.8 Å². The van der Waals surface area contributed by atoms with E-state index in [1.807, 2.05) is 0 Å². The van der Waals surface area contributed by atoms with Crippen LogP contribution in [0.25, 0.3) is 0 Å².